The lowest BCUT2D eigenvalue weighted by atomic mass is 10.1. The first kappa shape index (κ1) is 18.2. The molecule has 0 saturated carbocycles. The highest BCUT2D eigenvalue weighted by Crippen LogP contribution is 2.28. The number of benzene rings is 2. The van der Waals surface area contributed by atoms with Gasteiger partial charge in [0.25, 0.3) is 10.0 Å². The van der Waals surface area contributed by atoms with E-state index in [-0.39, 0.29) is 5.91 Å². The molecule has 3 rings (SSSR count). The van der Waals surface area contributed by atoms with Crippen LogP contribution in [-0.2, 0) is 14.8 Å². The van der Waals surface area contributed by atoms with Crippen molar-refractivity contribution in [3.8, 4) is 0 Å². The van der Waals surface area contributed by atoms with E-state index in [4.69, 9.17) is 0 Å². The van der Waals surface area contributed by atoms with Crippen molar-refractivity contribution in [3.63, 3.8) is 0 Å². The van der Waals surface area contributed by atoms with Crippen LogP contribution < -0.4 is 9.62 Å². The Kier molecular flexibility index (Phi) is 5.42. The maximum Gasteiger partial charge on any atom is 0.255 e. The van der Waals surface area contributed by atoms with Crippen LogP contribution in [0.3, 0.4) is 0 Å². The molecule has 1 aliphatic heterocycles. The van der Waals surface area contributed by atoms with Crippen LogP contribution in [0.4, 0.5) is 11.4 Å². The summed E-state index contributed by atoms with van der Waals surface area (Å²) in [4.78, 5) is 13.9. The molecular weight excluding hydrogens is 348 g/mol. The Bertz CT molecular complexity index is 921. The number of aryl methyl sites for hydroxylation is 1. The fourth-order valence-corrected chi connectivity index (χ4v) is 3.81. The summed E-state index contributed by atoms with van der Waals surface area (Å²) < 4.78 is 27.2. The molecule has 26 heavy (non-hydrogen) atoms. The van der Waals surface area contributed by atoms with Gasteiger partial charge in [0.15, 0.2) is 0 Å². The molecule has 2 aromatic carbocycles. The second kappa shape index (κ2) is 7.74. The summed E-state index contributed by atoms with van der Waals surface area (Å²) in [6, 6.07) is 14.5. The summed E-state index contributed by atoms with van der Waals surface area (Å²) in [7, 11) is -3.64. The van der Waals surface area contributed by atoms with Crippen molar-refractivity contribution in [2.75, 3.05) is 16.2 Å². The van der Waals surface area contributed by atoms with E-state index >= 15 is 0 Å². The number of hydrogen-bond donors (Lipinski definition) is 1. The van der Waals surface area contributed by atoms with Crippen molar-refractivity contribution in [3.05, 3.63) is 65.1 Å². The van der Waals surface area contributed by atoms with Gasteiger partial charge in [0.2, 0.25) is 5.91 Å². The molecule has 0 unspecified atom stereocenters. The number of amides is 1. The van der Waals surface area contributed by atoms with E-state index in [9.17, 15) is 13.2 Å². The Labute approximate surface area is 154 Å². The number of piperidine rings is 1. The lowest BCUT2D eigenvalue weighted by molar-refractivity contribution is -0.119. The summed E-state index contributed by atoms with van der Waals surface area (Å²) in [6.45, 7) is 2.59. The molecule has 1 amide bonds. The largest absolute Gasteiger partial charge is 0.312 e. The number of anilines is 2. The Hall–Kier alpha value is -2.60. The number of nitrogens with one attached hydrogen (secondary N) is 1. The molecule has 1 fully saturated rings. The van der Waals surface area contributed by atoms with E-state index in [1.165, 1.54) is 0 Å². The fourth-order valence-electron chi connectivity index (χ4n) is 2.95. The van der Waals surface area contributed by atoms with Crippen LogP contribution in [0.2, 0.25) is 0 Å². The average molecular weight is 370 g/mol. The van der Waals surface area contributed by atoms with Crippen LogP contribution in [0.1, 0.15) is 30.4 Å². The minimum Gasteiger partial charge on any atom is -0.312 e. The summed E-state index contributed by atoms with van der Waals surface area (Å²) >= 11 is 0. The van der Waals surface area contributed by atoms with Crippen LogP contribution in [0, 0.1) is 6.92 Å². The van der Waals surface area contributed by atoms with Gasteiger partial charge in [0, 0.05) is 18.7 Å². The molecule has 0 bridgehead atoms. The van der Waals surface area contributed by atoms with E-state index < -0.39 is 10.0 Å². The minimum absolute atomic E-state index is 0.0864. The molecule has 2 aromatic rings. The minimum atomic E-state index is -3.64. The lowest BCUT2D eigenvalue weighted by Crippen LogP contribution is -2.35. The predicted octanol–water partition coefficient (Wildman–Crippen LogP) is 3.92. The number of carbonyl (C=O) groups excluding carboxylic acids is 1. The topological polar surface area (TPSA) is 66.5 Å². The highest BCUT2D eigenvalue weighted by Gasteiger charge is 2.21. The summed E-state index contributed by atoms with van der Waals surface area (Å²) in [5.41, 5.74) is 2.97. The van der Waals surface area contributed by atoms with Crippen LogP contribution in [-0.4, -0.2) is 20.9 Å². The normalized spacial score (nSPS) is 15.4. The molecular formula is C20H22N2O3S. The van der Waals surface area contributed by atoms with Gasteiger partial charge in [-0.1, -0.05) is 36.4 Å². The summed E-state index contributed by atoms with van der Waals surface area (Å²) in [5, 5.41) is 1.15. The molecule has 136 valence electrons. The lowest BCUT2D eigenvalue weighted by Gasteiger charge is -2.28. The van der Waals surface area contributed by atoms with Crippen LogP contribution in [0.15, 0.2) is 53.9 Å². The molecule has 5 nitrogen and oxygen atoms in total. The van der Waals surface area contributed by atoms with E-state index in [1.54, 1.807) is 23.1 Å². The third-order valence-electron chi connectivity index (χ3n) is 4.32. The average Bonchev–Trinajstić information content (AvgIpc) is 2.63. The number of carbonyl (C=O) groups is 1. The van der Waals surface area contributed by atoms with Gasteiger partial charge in [-0.05, 0) is 49.1 Å². The number of nitrogens with zero attached hydrogens (tertiary/aromatic N) is 1. The van der Waals surface area contributed by atoms with Crippen LogP contribution in [0.25, 0.3) is 6.08 Å². The molecule has 0 aliphatic carbocycles. The van der Waals surface area contributed by atoms with Crippen molar-refractivity contribution in [2.24, 2.45) is 0 Å². The predicted molar refractivity (Wildman–Crippen MR) is 105 cm³/mol. The zero-order chi connectivity index (χ0) is 18.6. The van der Waals surface area contributed by atoms with Crippen molar-refractivity contribution in [2.45, 2.75) is 26.2 Å². The van der Waals surface area contributed by atoms with Crippen LogP contribution >= 0.6 is 0 Å². The van der Waals surface area contributed by atoms with Gasteiger partial charge in [0.05, 0.1) is 11.1 Å². The van der Waals surface area contributed by atoms with E-state index in [2.05, 4.69) is 4.72 Å². The highest BCUT2D eigenvalue weighted by atomic mass is 32.2. The Morgan fingerprint density at radius 2 is 1.85 bits per heavy atom. The molecule has 0 aromatic heterocycles. The standard InChI is InChI=1S/C20H22N2O3S/c1-16-10-11-18(15-19(16)22-13-6-5-9-20(22)23)21-26(24,25)14-12-17-7-3-2-4-8-17/h2-4,7-8,10-12,14-15,21H,5-6,9,13H2,1H3/b14-12+. The van der Waals surface area contributed by atoms with Crippen molar-refractivity contribution >= 4 is 33.4 Å². The van der Waals surface area contributed by atoms with Crippen molar-refractivity contribution in [1.82, 2.24) is 0 Å². The van der Waals surface area contributed by atoms with Gasteiger partial charge in [-0.3, -0.25) is 9.52 Å². The molecule has 1 N–H and O–H groups in total. The van der Waals surface area contributed by atoms with Gasteiger partial charge in [-0.25, -0.2) is 8.42 Å². The second-order valence-electron chi connectivity index (χ2n) is 6.36. The Morgan fingerprint density at radius 1 is 1.08 bits per heavy atom. The fraction of sp³-hybridized carbons (Fsp3) is 0.250. The molecule has 1 aliphatic rings. The molecule has 0 atom stereocenters. The Morgan fingerprint density at radius 3 is 2.58 bits per heavy atom. The van der Waals surface area contributed by atoms with Gasteiger partial charge in [-0.2, -0.15) is 0 Å². The molecule has 0 radical (unpaired) electrons. The molecule has 1 saturated heterocycles. The summed E-state index contributed by atoms with van der Waals surface area (Å²) in [5.74, 6) is 0.0864. The maximum absolute atomic E-state index is 12.3. The Balaban J connectivity index is 1.80. The zero-order valence-corrected chi connectivity index (χ0v) is 15.5. The first-order valence-corrected chi connectivity index (χ1v) is 10.2. The number of rotatable bonds is 5. The zero-order valence-electron chi connectivity index (χ0n) is 14.7. The molecule has 1 heterocycles. The first-order chi connectivity index (χ1) is 12.4. The smallest absolute Gasteiger partial charge is 0.255 e. The van der Waals surface area contributed by atoms with Gasteiger partial charge < -0.3 is 4.90 Å². The van der Waals surface area contributed by atoms with Crippen molar-refractivity contribution < 1.29 is 13.2 Å². The molecule has 6 heteroatoms. The SMILES string of the molecule is Cc1ccc(NS(=O)(=O)/C=C/c2ccccc2)cc1N1CCCCC1=O. The van der Waals surface area contributed by atoms with Crippen molar-refractivity contribution in [1.29, 1.82) is 0 Å². The number of sulfonamides is 1. The monoisotopic (exact) mass is 370 g/mol. The number of hydrogen-bond acceptors (Lipinski definition) is 3. The molecule has 0 spiro atoms. The maximum atomic E-state index is 12.3. The van der Waals surface area contributed by atoms with Gasteiger partial charge >= 0.3 is 0 Å². The first-order valence-electron chi connectivity index (χ1n) is 8.62. The van der Waals surface area contributed by atoms with Gasteiger partial charge in [-0.15, -0.1) is 0 Å². The third kappa shape index (κ3) is 4.52. The third-order valence-corrected chi connectivity index (χ3v) is 5.34. The highest BCUT2D eigenvalue weighted by molar-refractivity contribution is 7.95. The summed E-state index contributed by atoms with van der Waals surface area (Å²) in [6.07, 6.45) is 3.95. The van der Waals surface area contributed by atoms with Crippen LogP contribution in [0.5, 0.6) is 0 Å². The van der Waals surface area contributed by atoms with Gasteiger partial charge in [0.1, 0.15) is 0 Å². The quantitative estimate of drug-likeness (QED) is 0.867. The van der Waals surface area contributed by atoms with E-state index in [0.717, 1.165) is 35.1 Å². The second-order valence-corrected chi connectivity index (χ2v) is 7.93. The van der Waals surface area contributed by atoms with E-state index in [1.807, 2.05) is 43.3 Å². The van der Waals surface area contributed by atoms with E-state index in [0.29, 0.717) is 18.7 Å².